The number of rotatable bonds is 6. The largest absolute Gasteiger partial charge is 0.491 e. The van der Waals surface area contributed by atoms with E-state index in [1.165, 1.54) is 0 Å². The van der Waals surface area contributed by atoms with Crippen LogP contribution in [0.1, 0.15) is 11.1 Å². The second-order valence-corrected chi connectivity index (χ2v) is 5.38. The molecule has 0 heterocycles. The van der Waals surface area contributed by atoms with Gasteiger partial charge in [0, 0.05) is 12.1 Å². The predicted octanol–water partition coefficient (Wildman–Crippen LogP) is 3.34. The van der Waals surface area contributed by atoms with Crippen molar-refractivity contribution in [1.82, 2.24) is 5.32 Å². The van der Waals surface area contributed by atoms with Crippen LogP contribution in [-0.4, -0.2) is 24.4 Å². The number of hydrogen-bond donors (Lipinski definition) is 3. The van der Waals surface area contributed by atoms with E-state index in [0.717, 1.165) is 11.1 Å². The summed E-state index contributed by atoms with van der Waals surface area (Å²) in [4.78, 5) is 12.0. The molecule has 0 aliphatic heterocycles. The van der Waals surface area contributed by atoms with Gasteiger partial charge in [0.15, 0.2) is 0 Å². The van der Waals surface area contributed by atoms with Crippen LogP contribution in [0.5, 0.6) is 5.75 Å². The van der Waals surface area contributed by atoms with Gasteiger partial charge in [0.1, 0.15) is 12.4 Å². The third kappa shape index (κ3) is 5.16. The molecule has 0 saturated carbocycles. The van der Waals surface area contributed by atoms with E-state index in [2.05, 4.69) is 10.6 Å². The Labute approximate surface area is 140 Å². The molecule has 2 aromatic carbocycles. The topological polar surface area (TPSA) is 70.6 Å². The number of aliphatic hydroxyl groups excluding tert-OH is 1. The van der Waals surface area contributed by atoms with Crippen LogP contribution in [0.3, 0.4) is 0 Å². The summed E-state index contributed by atoms with van der Waals surface area (Å²) in [5, 5.41) is 14.8. The lowest BCUT2D eigenvalue weighted by Crippen LogP contribution is -2.28. The Bertz CT molecular complexity index is 677. The Kier molecular flexibility index (Phi) is 6.26. The SMILES string of the molecule is Cc1ccc(NC(=O)NCc2ccccc2OCCO)c(Cl)c1. The molecule has 0 aliphatic rings. The third-order valence-electron chi connectivity index (χ3n) is 3.13. The number of nitrogens with one attached hydrogen (secondary N) is 2. The maximum atomic E-state index is 12.0. The number of urea groups is 1. The molecule has 3 N–H and O–H groups in total. The number of hydrogen-bond acceptors (Lipinski definition) is 3. The third-order valence-corrected chi connectivity index (χ3v) is 3.45. The van der Waals surface area contributed by atoms with Crippen LogP contribution in [-0.2, 0) is 6.54 Å². The van der Waals surface area contributed by atoms with E-state index in [-0.39, 0.29) is 19.2 Å². The Morgan fingerprint density at radius 1 is 1.26 bits per heavy atom. The van der Waals surface area contributed by atoms with E-state index < -0.39 is 0 Å². The number of carbonyl (C=O) groups excluding carboxylic acids is 1. The van der Waals surface area contributed by atoms with E-state index in [1.54, 1.807) is 18.2 Å². The van der Waals surface area contributed by atoms with Gasteiger partial charge in [-0.3, -0.25) is 0 Å². The highest BCUT2D eigenvalue weighted by Gasteiger charge is 2.08. The number of para-hydroxylation sites is 1. The highest BCUT2D eigenvalue weighted by molar-refractivity contribution is 6.33. The number of amides is 2. The first kappa shape index (κ1) is 17.1. The number of aliphatic hydroxyl groups is 1. The Balaban J connectivity index is 1.94. The van der Waals surface area contributed by atoms with Crippen LogP contribution in [0.15, 0.2) is 42.5 Å². The van der Waals surface area contributed by atoms with Gasteiger partial charge in [-0.15, -0.1) is 0 Å². The van der Waals surface area contributed by atoms with E-state index in [0.29, 0.717) is 23.0 Å². The maximum Gasteiger partial charge on any atom is 0.319 e. The highest BCUT2D eigenvalue weighted by Crippen LogP contribution is 2.22. The molecule has 0 unspecified atom stereocenters. The summed E-state index contributed by atoms with van der Waals surface area (Å²) in [6.07, 6.45) is 0. The van der Waals surface area contributed by atoms with Gasteiger partial charge in [0.25, 0.3) is 0 Å². The molecule has 0 spiro atoms. The lowest BCUT2D eigenvalue weighted by molar-refractivity contribution is 0.200. The summed E-state index contributed by atoms with van der Waals surface area (Å²) in [5.41, 5.74) is 2.40. The van der Waals surface area contributed by atoms with Gasteiger partial charge in [-0.25, -0.2) is 4.79 Å². The molecule has 6 heteroatoms. The normalized spacial score (nSPS) is 10.2. The second kappa shape index (κ2) is 8.41. The minimum absolute atomic E-state index is 0.0613. The molecule has 0 atom stereocenters. The van der Waals surface area contributed by atoms with Crippen LogP contribution < -0.4 is 15.4 Å². The number of halogens is 1. The van der Waals surface area contributed by atoms with E-state index in [9.17, 15) is 4.79 Å². The minimum atomic E-state index is -0.354. The van der Waals surface area contributed by atoms with E-state index in [1.807, 2.05) is 31.2 Å². The standard InChI is InChI=1S/C17H19ClN2O3/c1-12-6-7-15(14(18)10-12)20-17(22)19-11-13-4-2-3-5-16(13)23-9-8-21/h2-7,10,21H,8-9,11H2,1H3,(H2,19,20,22). The van der Waals surface area contributed by atoms with Gasteiger partial charge in [0.05, 0.1) is 17.3 Å². The maximum absolute atomic E-state index is 12.0. The van der Waals surface area contributed by atoms with Crippen molar-refractivity contribution in [3.8, 4) is 5.75 Å². The minimum Gasteiger partial charge on any atom is -0.491 e. The Morgan fingerprint density at radius 3 is 2.78 bits per heavy atom. The van der Waals surface area contributed by atoms with Crippen LogP contribution in [0.25, 0.3) is 0 Å². The van der Waals surface area contributed by atoms with Crippen molar-refractivity contribution in [1.29, 1.82) is 0 Å². The monoisotopic (exact) mass is 334 g/mol. The predicted molar refractivity (Wildman–Crippen MR) is 91.1 cm³/mol. The summed E-state index contributed by atoms with van der Waals surface area (Å²) in [5.74, 6) is 0.634. The first-order valence-electron chi connectivity index (χ1n) is 7.22. The number of carbonyl (C=O) groups is 1. The molecule has 0 saturated heterocycles. The van der Waals surface area contributed by atoms with Crippen molar-refractivity contribution in [3.63, 3.8) is 0 Å². The van der Waals surface area contributed by atoms with Gasteiger partial charge in [-0.1, -0.05) is 35.9 Å². The molecule has 2 aromatic rings. The smallest absolute Gasteiger partial charge is 0.319 e. The molecule has 2 rings (SSSR count). The van der Waals surface area contributed by atoms with Gasteiger partial charge in [0.2, 0.25) is 0 Å². The van der Waals surface area contributed by atoms with Crippen molar-refractivity contribution < 1.29 is 14.6 Å². The van der Waals surface area contributed by atoms with E-state index >= 15 is 0 Å². The van der Waals surface area contributed by atoms with Crippen molar-refractivity contribution in [2.75, 3.05) is 18.5 Å². The van der Waals surface area contributed by atoms with Crippen molar-refractivity contribution in [2.24, 2.45) is 0 Å². The second-order valence-electron chi connectivity index (χ2n) is 4.97. The first-order chi connectivity index (χ1) is 11.1. The van der Waals surface area contributed by atoms with Crippen LogP contribution in [0.4, 0.5) is 10.5 Å². The summed E-state index contributed by atoms with van der Waals surface area (Å²) in [7, 11) is 0. The molecule has 0 aromatic heterocycles. The molecule has 2 amide bonds. The van der Waals surface area contributed by atoms with Crippen LogP contribution >= 0.6 is 11.6 Å². The average molecular weight is 335 g/mol. The number of aryl methyl sites for hydroxylation is 1. The quantitative estimate of drug-likeness (QED) is 0.758. The zero-order valence-corrected chi connectivity index (χ0v) is 13.6. The molecule has 0 bridgehead atoms. The van der Waals surface area contributed by atoms with Crippen LogP contribution in [0, 0.1) is 6.92 Å². The summed E-state index contributed by atoms with van der Waals surface area (Å²) in [6.45, 7) is 2.38. The summed E-state index contributed by atoms with van der Waals surface area (Å²) < 4.78 is 5.43. The van der Waals surface area contributed by atoms with Crippen molar-refractivity contribution >= 4 is 23.3 Å². The van der Waals surface area contributed by atoms with Gasteiger partial charge in [-0.05, 0) is 30.7 Å². The molecule has 122 valence electrons. The van der Waals surface area contributed by atoms with Gasteiger partial charge >= 0.3 is 6.03 Å². The fourth-order valence-corrected chi connectivity index (χ4v) is 2.29. The summed E-state index contributed by atoms with van der Waals surface area (Å²) in [6, 6.07) is 12.4. The zero-order chi connectivity index (χ0) is 16.7. The molecular weight excluding hydrogens is 316 g/mol. The number of benzene rings is 2. The Hall–Kier alpha value is -2.24. The van der Waals surface area contributed by atoms with Gasteiger partial charge in [-0.2, -0.15) is 0 Å². The average Bonchev–Trinajstić information content (AvgIpc) is 2.54. The summed E-state index contributed by atoms with van der Waals surface area (Å²) >= 11 is 6.09. The first-order valence-corrected chi connectivity index (χ1v) is 7.60. The number of anilines is 1. The molecule has 5 nitrogen and oxygen atoms in total. The Morgan fingerprint density at radius 2 is 2.04 bits per heavy atom. The fourth-order valence-electron chi connectivity index (χ4n) is 2.01. The molecule has 23 heavy (non-hydrogen) atoms. The van der Waals surface area contributed by atoms with Crippen LogP contribution in [0.2, 0.25) is 5.02 Å². The van der Waals surface area contributed by atoms with Crippen molar-refractivity contribution in [3.05, 3.63) is 58.6 Å². The lowest BCUT2D eigenvalue weighted by Gasteiger charge is -2.12. The molecule has 0 radical (unpaired) electrons. The van der Waals surface area contributed by atoms with E-state index in [4.69, 9.17) is 21.4 Å². The lowest BCUT2D eigenvalue weighted by atomic mass is 10.2. The fraction of sp³-hybridized carbons (Fsp3) is 0.235. The van der Waals surface area contributed by atoms with Gasteiger partial charge < -0.3 is 20.5 Å². The molecule has 0 fully saturated rings. The number of ether oxygens (including phenoxy) is 1. The molecule has 0 aliphatic carbocycles. The molecular formula is C17H19ClN2O3. The zero-order valence-electron chi connectivity index (χ0n) is 12.8. The highest BCUT2D eigenvalue weighted by atomic mass is 35.5. The van der Waals surface area contributed by atoms with Crippen molar-refractivity contribution in [2.45, 2.75) is 13.5 Å².